The molecule has 0 amide bonds. The third-order valence-corrected chi connectivity index (χ3v) is 8.01. The highest BCUT2D eigenvalue weighted by Gasteiger charge is 2.60. The molecule has 0 bridgehead atoms. The van der Waals surface area contributed by atoms with Crippen LogP contribution in [-0.2, 0) is 4.74 Å². The lowest BCUT2D eigenvalue weighted by Gasteiger charge is -2.56. The van der Waals surface area contributed by atoms with Crippen molar-refractivity contribution in [2.24, 2.45) is 17.8 Å². The number of aliphatic hydroxyl groups is 1. The van der Waals surface area contributed by atoms with Crippen LogP contribution in [0, 0.1) is 24.3 Å². The summed E-state index contributed by atoms with van der Waals surface area (Å²) in [7, 11) is 0. The first kappa shape index (κ1) is 19.2. The number of ether oxygens (including phenoxy) is 1. The SMILES string of the molecule is [C-]#[N+][C@@H]1[C@H]2[C@H](CC[C@@]1(C)O)C(=C)CC[C@@H]2[C@@]1(C)CC[C@H](Cl)C(C)(C)O1. The number of nitrogens with zero attached hydrogens (tertiary/aromatic N) is 1. The Bertz CT molecular complexity index is 593. The van der Waals surface area contributed by atoms with Gasteiger partial charge in [-0.25, -0.2) is 6.57 Å². The largest absolute Gasteiger partial charge is 0.382 e. The highest BCUT2D eigenvalue weighted by atomic mass is 35.5. The van der Waals surface area contributed by atoms with Crippen molar-refractivity contribution in [3.63, 3.8) is 0 Å². The van der Waals surface area contributed by atoms with E-state index in [1.54, 1.807) is 0 Å². The first-order chi connectivity index (χ1) is 11.5. The van der Waals surface area contributed by atoms with Crippen molar-refractivity contribution in [1.82, 2.24) is 0 Å². The Morgan fingerprint density at radius 3 is 2.48 bits per heavy atom. The lowest BCUT2D eigenvalue weighted by Crippen LogP contribution is -2.61. The van der Waals surface area contributed by atoms with E-state index in [1.165, 1.54) is 5.57 Å². The van der Waals surface area contributed by atoms with Crippen molar-refractivity contribution in [3.05, 3.63) is 23.6 Å². The van der Waals surface area contributed by atoms with Crippen LogP contribution in [0.5, 0.6) is 0 Å². The van der Waals surface area contributed by atoms with Gasteiger partial charge in [-0.1, -0.05) is 12.2 Å². The van der Waals surface area contributed by atoms with Gasteiger partial charge >= 0.3 is 0 Å². The van der Waals surface area contributed by atoms with E-state index in [0.717, 1.165) is 32.1 Å². The fraction of sp³-hybridized carbons (Fsp3) is 0.857. The van der Waals surface area contributed by atoms with Gasteiger partial charge in [0.15, 0.2) is 0 Å². The van der Waals surface area contributed by atoms with Gasteiger partial charge < -0.3 is 14.7 Å². The molecule has 25 heavy (non-hydrogen) atoms. The second-order valence-electron chi connectivity index (χ2n) is 9.48. The number of allylic oxidation sites excluding steroid dienone is 1. The molecule has 140 valence electrons. The van der Waals surface area contributed by atoms with Crippen LogP contribution in [0.15, 0.2) is 12.2 Å². The first-order valence-electron chi connectivity index (χ1n) is 9.63. The average molecular weight is 366 g/mol. The Hall–Kier alpha value is -0.560. The fourth-order valence-corrected chi connectivity index (χ4v) is 5.95. The highest BCUT2D eigenvalue weighted by Crippen LogP contribution is 2.56. The molecule has 3 rings (SSSR count). The standard InChI is InChI=1S/C21H32ClNO2/c1-13-7-8-15(21(5)12-10-16(22)19(2,3)25-21)17-14(13)9-11-20(4,24)18(17)23-6/h14-18,24H,1,7-12H2,2-5H3/t14-,15+,16+,17+,18-,20-,21-/m1/s1. The van der Waals surface area contributed by atoms with Crippen LogP contribution in [0.4, 0.5) is 0 Å². The quantitative estimate of drug-likeness (QED) is 0.404. The number of alkyl halides is 1. The third-order valence-electron chi connectivity index (χ3n) is 7.26. The Balaban J connectivity index is 1.97. The lowest BCUT2D eigenvalue weighted by atomic mass is 9.54. The number of hydrogen-bond donors (Lipinski definition) is 1. The number of halogens is 1. The molecule has 0 radical (unpaired) electrons. The van der Waals surface area contributed by atoms with E-state index >= 15 is 0 Å². The molecule has 3 aliphatic rings. The molecular formula is C21H32ClNO2. The zero-order valence-corrected chi connectivity index (χ0v) is 16.8. The molecule has 7 atom stereocenters. The van der Waals surface area contributed by atoms with Crippen LogP contribution in [0.2, 0.25) is 0 Å². The topological polar surface area (TPSA) is 33.8 Å². The monoisotopic (exact) mass is 365 g/mol. The molecule has 1 N–H and O–H groups in total. The summed E-state index contributed by atoms with van der Waals surface area (Å²) in [5.74, 6) is 0.711. The maximum Gasteiger partial charge on any atom is 0.255 e. The highest BCUT2D eigenvalue weighted by molar-refractivity contribution is 6.21. The van der Waals surface area contributed by atoms with Crippen LogP contribution < -0.4 is 0 Å². The minimum atomic E-state index is -0.922. The van der Waals surface area contributed by atoms with Crippen molar-refractivity contribution >= 4 is 11.6 Å². The van der Waals surface area contributed by atoms with Crippen LogP contribution >= 0.6 is 11.6 Å². The predicted octanol–water partition coefficient (Wildman–Crippen LogP) is 4.97. The molecule has 0 aromatic heterocycles. The summed E-state index contributed by atoms with van der Waals surface area (Å²) >= 11 is 6.51. The summed E-state index contributed by atoms with van der Waals surface area (Å²) in [6, 6.07) is -0.384. The molecule has 3 fully saturated rings. The van der Waals surface area contributed by atoms with Gasteiger partial charge in [0.05, 0.1) is 16.6 Å². The fourth-order valence-electron chi connectivity index (χ4n) is 5.79. The van der Waals surface area contributed by atoms with Crippen molar-refractivity contribution in [3.8, 4) is 0 Å². The molecule has 0 spiro atoms. The smallest absolute Gasteiger partial charge is 0.255 e. The second-order valence-corrected chi connectivity index (χ2v) is 10.0. The van der Waals surface area contributed by atoms with E-state index in [-0.39, 0.29) is 34.5 Å². The van der Waals surface area contributed by atoms with Crippen molar-refractivity contribution in [2.45, 2.75) is 94.4 Å². The molecule has 0 aromatic carbocycles. The Kier molecular flexibility index (Phi) is 4.81. The van der Waals surface area contributed by atoms with Crippen LogP contribution in [0.1, 0.15) is 66.2 Å². The molecule has 2 aliphatic carbocycles. The first-order valence-corrected chi connectivity index (χ1v) is 10.1. The van der Waals surface area contributed by atoms with Gasteiger partial charge in [-0.05, 0) is 78.1 Å². The third kappa shape index (κ3) is 3.15. The van der Waals surface area contributed by atoms with Gasteiger partial charge in [-0.15, -0.1) is 11.6 Å². The number of fused-ring (bicyclic) bond motifs is 1. The van der Waals surface area contributed by atoms with E-state index in [2.05, 4.69) is 32.2 Å². The van der Waals surface area contributed by atoms with Crippen LogP contribution in [0.3, 0.4) is 0 Å². The Morgan fingerprint density at radius 1 is 1.20 bits per heavy atom. The van der Waals surface area contributed by atoms with Crippen LogP contribution in [-0.4, -0.2) is 33.3 Å². The van der Waals surface area contributed by atoms with E-state index in [1.807, 2.05) is 6.92 Å². The molecule has 1 aliphatic heterocycles. The summed E-state index contributed by atoms with van der Waals surface area (Å²) in [5.41, 5.74) is -0.328. The van der Waals surface area contributed by atoms with E-state index in [0.29, 0.717) is 12.3 Å². The normalized spacial score (nSPS) is 50.0. The van der Waals surface area contributed by atoms with Crippen LogP contribution in [0.25, 0.3) is 4.85 Å². The number of rotatable bonds is 1. The maximum atomic E-state index is 10.9. The number of hydrogen-bond acceptors (Lipinski definition) is 2. The molecule has 0 aromatic rings. The van der Waals surface area contributed by atoms with E-state index in [9.17, 15) is 5.11 Å². The summed E-state index contributed by atoms with van der Waals surface area (Å²) < 4.78 is 6.61. The average Bonchev–Trinajstić information content (AvgIpc) is 2.50. The van der Waals surface area contributed by atoms with Gasteiger partial charge in [0.2, 0.25) is 0 Å². The zero-order chi connectivity index (χ0) is 18.6. The van der Waals surface area contributed by atoms with Gasteiger partial charge in [-0.3, -0.25) is 0 Å². The lowest BCUT2D eigenvalue weighted by molar-refractivity contribution is -0.210. The second kappa shape index (κ2) is 6.25. The summed E-state index contributed by atoms with van der Waals surface area (Å²) in [4.78, 5) is 3.92. The Labute approximate surface area is 157 Å². The van der Waals surface area contributed by atoms with Gasteiger partial charge in [0.1, 0.15) is 5.60 Å². The molecular weight excluding hydrogens is 334 g/mol. The van der Waals surface area contributed by atoms with E-state index in [4.69, 9.17) is 22.9 Å². The summed E-state index contributed by atoms with van der Waals surface area (Å²) in [6.45, 7) is 20.3. The zero-order valence-electron chi connectivity index (χ0n) is 16.0. The van der Waals surface area contributed by atoms with E-state index < -0.39 is 5.60 Å². The molecule has 1 heterocycles. The Morgan fingerprint density at radius 2 is 1.88 bits per heavy atom. The summed E-state index contributed by atoms with van der Waals surface area (Å²) in [6.07, 6.45) is 5.44. The molecule has 3 nitrogen and oxygen atoms in total. The molecule has 2 saturated carbocycles. The molecule has 1 saturated heterocycles. The summed E-state index contributed by atoms with van der Waals surface area (Å²) in [5, 5.41) is 10.9. The minimum Gasteiger partial charge on any atom is -0.382 e. The molecule has 4 heteroatoms. The van der Waals surface area contributed by atoms with Crippen molar-refractivity contribution in [2.75, 3.05) is 0 Å². The van der Waals surface area contributed by atoms with Gasteiger partial charge in [0, 0.05) is 5.92 Å². The van der Waals surface area contributed by atoms with Crippen molar-refractivity contribution < 1.29 is 9.84 Å². The molecule has 0 unspecified atom stereocenters. The minimum absolute atomic E-state index is 0.0149. The maximum absolute atomic E-state index is 10.9. The van der Waals surface area contributed by atoms with Crippen molar-refractivity contribution in [1.29, 1.82) is 0 Å². The van der Waals surface area contributed by atoms with Gasteiger partial charge in [0.25, 0.3) is 6.04 Å². The predicted molar refractivity (Wildman–Crippen MR) is 102 cm³/mol. The van der Waals surface area contributed by atoms with Gasteiger partial charge in [-0.2, -0.15) is 0 Å².